The van der Waals surface area contributed by atoms with Crippen molar-refractivity contribution < 1.29 is 19.2 Å². The number of aromatic nitrogens is 2. The third-order valence-corrected chi connectivity index (χ3v) is 5.27. The maximum atomic E-state index is 12.2. The van der Waals surface area contributed by atoms with Gasteiger partial charge in [0, 0.05) is 5.75 Å². The zero-order valence-electron chi connectivity index (χ0n) is 15.1. The van der Waals surface area contributed by atoms with Crippen molar-refractivity contribution in [3.63, 3.8) is 0 Å². The van der Waals surface area contributed by atoms with E-state index >= 15 is 0 Å². The van der Waals surface area contributed by atoms with Gasteiger partial charge in [-0.25, -0.2) is 9.78 Å². The van der Waals surface area contributed by atoms with Gasteiger partial charge in [0.2, 0.25) is 0 Å². The molecule has 2 amide bonds. The Kier molecular flexibility index (Phi) is 5.13. The SMILES string of the molecule is O=C(CCSCc1nc2ccccc2c(=O)[nH]1)ON1C(=O)c2ccccc2C1=O. The van der Waals surface area contributed by atoms with E-state index < -0.39 is 17.8 Å². The highest BCUT2D eigenvalue weighted by Crippen LogP contribution is 2.23. The van der Waals surface area contributed by atoms with E-state index in [1.54, 1.807) is 36.4 Å². The lowest BCUT2D eigenvalue weighted by Crippen LogP contribution is -2.32. The Morgan fingerprint density at radius 3 is 2.38 bits per heavy atom. The number of thioether (sulfide) groups is 1. The summed E-state index contributed by atoms with van der Waals surface area (Å²) in [6.45, 7) is 0. The Morgan fingerprint density at radius 1 is 1.00 bits per heavy atom. The minimum absolute atomic E-state index is 0.00408. The molecular weight excluding hydrogens is 394 g/mol. The zero-order valence-corrected chi connectivity index (χ0v) is 15.9. The molecule has 29 heavy (non-hydrogen) atoms. The van der Waals surface area contributed by atoms with Gasteiger partial charge in [0.25, 0.3) is 17.4 Å². The van der Waals surface area contributed by atoms with Crippen molar-refractivity contribution in [2.75, 3.05) is 5.75 Å². The Bertz CT molecular complexity index is 1150. The molecule has 3 aromatic rings. The lowest BCUT2D eigenvalue weighted by Gasteiger charge is -2.12. The van der Waals surface area contributed by atoms with Crippen LogP contribution in [0.2, 0.25) is 0 Å². The van der Waals surface area contributed by atoms with Crippen LogP contribution in [0.15, 0.2) is 53.3 Å². The molecule has 0 fully saturated rings. The summed E-state index contributed by atoms with van der Waals surface area (Å²) in [5.74, 6) is -0.702. The Morgan fingerprint density at radius 2 is 1.66 bits per heavy atom. The van der Waals surface area contributed by atoms with E-state index in [0.717, 1.165) is 0 Å². The third-order valence-electron chi connectivity index (χ3n) is 4.30. The van der Waals surface area contributed by atoms with E-state index in [1.165, 1.54) is 23.9 Å². The molecule has 2 heterocycles. The fraction of sp³-hybridized carbons (Fsp3) is 0.150. The maximum Gasteiger partial charge on any atom is 0.334 e. The molecule has 9 heteroatoms. The van der Waals surface area contributed by atoms with Crippen molar-refractivity contribution in [1.82, 2.24) is 15.0 Å². The summed E-state index contributed by atoms with van der Waals surface area (Å²) in [6.07, 6.45) is -0.00408. The van der Waals surface area contributed by atoms with Crippen LogP contribution in [-0.2, 0) is 15.4 Å². The molecule has 8 nitrogen and oxygen atoms in total. The number of rotatable bonds is 6. The van der Waals surface area contributed by atoms with E-state index in [1.807, 2.05) is 0 Å². The Labute approximate surface area is 168 Å². The van der Waals surface area contributed by atoms with Gasteiger partial charge in [0.15, 0.2) is 0 Å². The summed E-state index contributed by atoms with van der Waals surface area (Å²) in [7, 11) is 0. The number of amides is 2. The van der Waals surface area contributed by atoms with Gasteiger partial charge in [-0.3, -0.25) is 14.4 Å². The molecule has 0 aliphatic carbocycles. The number of fused-ring (bicyclic) bond motifs is 2. The van der Waals surface area contributed by atoms with E-state index in [2.05, 4.69) is 9.97 Å². The third kappa shape index (κ3) is 3.77. The van der Waals surface area contributed by atoms with Crippen molar-refractivity contribution in [3.05, 3.63) is 75.8 Å². The molecular formula is C20H15N3O5S. The van der Waals surface area contributed by atoms with Crippen LogP contribution < -0.4 is 5.56 Å². The number of benzene rings is 2. The molecule has 0 spiro atoms. The van der Waals surface area contributed by atoms with Crippen LogP contribution in [0.3, 0.4) is 0 Å². The zero-order chi connectivity index (χ0) is 20.4. The summed E-state index contributed by atoms with van der Waals surface area (Å²) in [6, 6.07) is 13.3. The molecule has 1 aliphatic heterocycles. The smallest absolute Gasteiger partial charge is 0.330 e. The summed E-state index contributed by atoms with van der Waals surface area (Å²) >= 11 is 1.38. The fourth-order valence-electron chi connectivity index (χ4n) is 2.93. The van der Waals surface area contributed by atoms with Crippen molar-refractivity contribution >= 4 is 40.4 Å². The molecule has 0 atom stereocenters. The first-order valence-corrected chi connectivity index (χ1v) is 9.94. The summed E-state index contributed by atoms with van der Waals surface area (Å²) < 4.78 is 0. The minimum atomic E-state index is -0.688. The highest BCUT2D eigenvalue weighted by atomic mass is 32.2. The quantitative estimate of drug-likeness (QED) is 0.491. The first kappa shape index (κ1) is 18.9. The predicted molar refractivity (Wildman–Crippen MR) is 106 cm³/mol. The van der Waals surface area contributed by atoms with Gasteiger partial charge >= 0.3 is 5.97 Å². The van der Waals surface area contributed by atoms with Gasteiger partial charge in [-0.15, -0.1) is 0 Å². The van der Waals surface area contributed by atoms with Gasteiger partial charge in [0.1, 0.15) is 5.82 Å². The summed E-state index contributed by atoms with van der Waals surface area (Å²) in [5, 5.41) is 1.02. The second-order valence-corrected chi connectivity index (χ2v) is 7.35. The molecule has 0 radical (unpaired) electrons. The van der Waals surface area contributed by atoms with Crippen LogP contribution >= 0.6 is 11.8 Å². The lowest BCUT2D eigenvalue weighted by atomic mass is 10.1. The second-order valence-electron chi connectivity index (χ2n) is 6.25. The predicted octanol–water partition coefficient (Wildman–Crippen LogP) is 2.30. The normalized spacial score (nSPS) is 13.0. The average molecular weight is 409 g/mol. The van der Waals surface area contributed by atoms with Gasteiger partial charge in [-0.2, -0.15) is 11.8 Å². The number of imide groups is 1. The summed E-state index contributed by atoms with van der Waals surface area (Å²) in [5.41, 5.74) is 0.824. The minimum Gasteiger partial charge on any atom is -0.330 e. The molecule has 1 aromatic heterocycles. The van der Waals surface area contributed by atoms with E-state index in [4.69, 9.17) is 4.84 Å². The number of hydroxylamine groups is 2. The number of aromatic amines is 1. The first-order valence-electron chi connectivity index (χ1n) is 8.79. The molecule has 146 valence electrons. The molecule has 1 aliphatic rings. The molecule has 2 aromatic carbocycles. The van der Waals surface area contributed by atoms with Gasteiger partial charge < -0.3 is 9.82 Å². The number of nitrogens with zero attached hydrogens (tertiary/aromatic N) is 2. The van der Waals surface area contributed by atoms with Crippen molar-refractivity contribution in [1.29, 1.82) is 0 Å². The number of hydrogen-bond donors (Lipinski definition) is 1. The van der Waals surface area contributed by atoms with Gasteiger partial charge in [-0.1, -0.05) is 29.3 Å². The highest BCUT2D eigenvalue weighted by Gasteiger charge is 2.38. The van der Waals surface area contributed by atoms with Gasteiger partial charge in [-0.05, 0) is 24.3 Å². The molecule has 4 rings (SSSR count). The molecule has 0 unspecified atom stereocenters. The van der Waals surface area contributed by atoms with Gasteiger partial charge in [0.05, 0.1) is 34.2 Å². The molecule has 0 saturated carbocycles. The number of nitrogens with one attached hydrogen (secondary N) is 1. The average Bonchev–Trinajstić information content (AvgIpc) is 2.96. The van der Waals surface area contributed by atoms with E-state index in [-0.39, 0.29) is 23.1 Å². The number of H-pyrrole nitrogens is 1. The number of hydrogen-bond acceptors (Lipinski definition) is 7. The van der Waals surface area contributed by atoms with Crippen LogP contribution in [0.25, 0.3) is 10.9 Å². The Hall–Kier alpha value is -3.46. The van der Waals surface area contributed by atoms with Crippen LogP contribution in [0.5, 0.6) is 0 Å². The summed E-state index contributed by atoms with van der Waals surface area (Å²) in [4.78, 5) is 60.5. The largest absolute Gasteiger partial charge is 0.334 e. The lowest BCUT2D eigenvalue weighted by molar-refractivity contribution is -0.167. The first-order chi connectivity index (χ1) is 14.0. The second kappa shape index (κ2) is 7.88. The highest BCUT2D eigenvalue weighted by molar-refractivity contribution is 7.98. The fourth-order valence-corrected chi connectivity index (χ4v) is 3.71. The van der Waals surface area contributed by atoms with Crippen molar-refractivity contribution in [2.45, 2.75) is 12.2 Å². The van der Waals surface area contributed by atoms with Crippen molar-refractivity contribution in [3.8, 4) is 0 Å². The van der Waals surface area contributed by atoms with Crippen LogP contribution in [-0.4, -0.2) is 38.6 Å². The van der Waals surface area contributed by atoms with Crippen LogP contribution in [0, 0.1) is 0 Å². The monoisotopic (exact) mass is 409 g/mol. The topological polar surface area (TPSA) is 109 Å². The molecule has 0 bridgehead atoms. The van der Waals surface area contributed by atoms with Crippen LogP contribution in [0.4, 0.5) is 0 Å². The standard InChI is InChI=1S/C20H15N3O5S/c24-17(28-23-19(26)12-5-1-2-6-13(12)20(23)27)9-10-29-11-16-21-15-8-4-3-7-14(15)18(25)22-16/h1-8H,9-11H2,(H,21,22,25). The number of carbonyl (C=O) groups excluding carboxylic acids is 3. The molecule has 0 saturated heterocycles. The van der Waals surface area contributed by atoms with E-state index in [9.17, 15) is 19.2 Å². The van der Waals surface area contributed by atoms with Crippen molar-refractivity contribution in [2.24, 2.45) is 0 Å². The Balaban J connectivity index is 1.30. The van der Waals surface area contributed by atoms with E-state index in [0.29, 0.717) is 33.3 Å². The van der Waals surface area contributed by atoms with Crippen LogP contribution in [0.1, 0.15) is 33.0 Å². The number of para-hydroxylation sites is 1. The molecule has 1 N–H and O–H groups in total. The maximum absolute atomic E-state index is 12.2. The number of carbonyl (C=O) groups is 3.